The SMILES string of the molecule is COc1ccc(C(N)=S)cc1COC1CC(C)OC(C)C1. The van der Waals surface area contributed by atoms with Crippen LogP contribution in [-0.2, 0) is 16.1 Å². The van der Waals surface area contributed by atoms with Gasteiger partial charge in [0, 0.05) is 11.1 Å². The van der Waals surface area contributed by atoms with E-state index in [2.05, 4.69) is 13.8 Å². The molecule has 116 valence electrons. The van der Waals surface area contributed by atoms with Crippen molar-refractivity contribution < 1.29 is 14.2 Å². The molecule has 1 aliphatic heterocycles. The summed E-state index contributed by atoms with van der Waals surface area (Å²) in [5, 5.41) is 0. The third-order valence-corrected chi connectivity index (χ3v) is 3.93. The van der Waals surface area contributed by atoms with Gasteiger partial charge >= 0.3 is 0 Å². The van der Waals surface area contributed by atoms with Gasteiger partial charge in [-0.2, -0.15) is 0 Å². The molecule has 0 aliphatic carbocycles. The molecule has 1 aromatic rings. The second-order valence-corrected chi connectivity index (χ2v) is 5.99. The summed E-state index contributed by atoms with van der Waals surface area (Å²) < 4.78 is 17.1. The van der Waals surface area contributed by atoms with Crippen LogP contribution in [0.3, 0.4) is 0 Å². The van der Waals surface area contributed by atoms with Crippen LogP contribution in [0.1, 0.15) is 37.8 Å². The Hall–Kier alpha value is -1.17. The molecule has 2 N–H and O–H groups in total. The molecule has 21 heavy (non-hydrogen) atoms. The third-order valence-electron chi connectivity index (χ3n) is 3.69. The van der Waals surface area contributed by atoms with Gasteiger partial charge in [-0.25, -0.2) is 0 Å². The predicted molar refractivity (Wildman–Crippen MR) is 86.7 cm³/mol. The highest BCUT2D eigenvalue weighted by molar-refractivity contribution is 7.80. The number of hydrogen-bond donors (Lipinski definition) is 1. The Morgan fingerprint density at radius 1 is 1.33 bits per heavy atom. The molecule has 2 atom stereocenters. The summed E-state index contributed by atoms with van der Waals surface area (Å²) >= 11 is 5.02. The Labute approximate surface area is 131 Å². The molecule has 0 aromatic heterocycles. The molecule has 5 heteroatoms. The Kier molecular flexibility index (Phi) is 5.56. The molecule has 1 saturated heterocycles. The maximum absolute atomic E-state index is 6.04. The first-order chi connectivity index (χ1) is 9.99. The van der Waals surface area contributed by atoms with Crippen molar-refractivity contribution in [2.75, 3.05) is 7.11 Å². The minimum absolute atomic E-state index is 0.210. The number of methoxy groups -OCH3 is 1. The van der Waals surface area contributed by atoms with Crippen molar-refractivity contribution >= 4 is 17.2 Å². The molecule has 1 aliphatic rings. The largest absolute Gasteiger partial charge is 0.496 e. The monoisotopic (exact) mass is 309 g/mol. The number of rotatable bonds is 5. The van der Waals surface area contributed by atoms with Gasteiger partial charge < -0.3 is 19.9 Å². The summed E-state index contributed by atoms with van der Waals surface area (Å²) in [7, 11) is 1.65. The average Bonchev–Trinajstić information content (AvgIpc) is 2.43. The van der Waals surface area contributed by atoms with E-state index in [-0.39, 0.29) is 18.3 Å². The first-order valence-corrected chi connectivity index (χ1v) is 7.64. The van der Waals surface area contributed by atoms with E-state index in [0.29, 0.717) is 11.6 Å². The van der Waals surface area contributed by atoms with E-state index in [0.717, 1.165) is 29.7 Å². The minimum atomic E-state index is 0.210. The molecule has 2 unspecified atom stereocenters. The second-order valence-electron chi connectivity index (χ2n) is 5.55. The molecule has 0 saturated carbocycles. The Morgan fingerprint density at radius 3 is 2.57 bits per heavy atom. The van der Waals surface area contributed by atoms with Crippen LogP contribution in [0.5, 0.6) is 5.75 Å². The minimum Gasteiger partial charge on any atom is -0.496 e. The molecule has 1 aromatic carbocycles. The zero-order chi connectivity index (χ0) is 15.4. The zero-order valence-electron chi connectivity index (χ0n) is 12.8. The maximum atomic E-state index is 6.04. The average molecular weight is 309 g/mol. The smallest absolute Gasteiger partial charge is 0.124 e. The van der Waals surface area contributed by atoms with Crippen molar-refractivity contribution in [1.29, 1.82) is 0 Å². The van der Waals surface area contributed by atoms with Gasteiger partial charge in [-0.15, -0.1) is 0 Å². The summed E-state index contributed by atoms with van der Waals surface area (Å²) in [6, 6.07) is 5.68. The van der Waals surface area contributed by atoms with Crippen molar-refractivity contribution in [3.8, 4) is 5.75 Å². The van der Waals surface area contributed by atoms with Crippen LogP contribution >= 0.6 is 12.2 Å². The van der Waals surface area contributed by atoms with Gasteiger partial charge in [0.2, 0.25) is 0 Å². The number of nitrogens with two attached hydrogens (primary N) is 1. The van der Waals surface area contributed by atoms with Gasteiger partial charge in [-0.1, -0.05) is 12.2 Å². The van der Waals surface area contributed by atoms with Gasteiger partial charge in [-0.3, -0.25) is 0 Å². The quantitative estimate of drug-likeness (QED) is 0.848. The van der Waals surface area contributed by atoms with Crippen molar-refractivity contribution in [3.63, 3.8) is 0 Å². The highest BCUT2D eigenvalue weighted by atomic mass is 32.1. The molecule has 4 nitrogen and oxygen atoms in total. The van der Waals surface area contributed by atoms with Gasteiger partial charge in [0.25, 0.3) is 0 Å². The highest BCUT2D eigenvalue weighted by Crippen LogP contribution is 2.25. The number of ether oxygens (including phenoxy) is 3. The maximum Gasteiger partial charge on any atom is 0.124 e. The van der Waals surface area contributed by atoms with Gasteiger partial charge in [-0.05, 0) is 44.9 Å². The number of hydrogen-bond acceptors (Lipinski definition) is 4. The number of thiocarbonyl (C=S) groups is 1. The van der Waals surface area contributed by atoms with E-state index in [9.17, 15) is 0 Å². The van der Waals surface area contributed by atoms with E-state index < -0.39 is 0 Å². The van der Waals surface area contributed by atoms with Gasteiger partial charge in [0.05, 0.1) is 32.0 Å². The molecule has 0 spiro atoms. The summed E-state index contributed by atoms with van der Waals surface area (Å²) in [6.45, 7) is 4.66. The van der Waals surface area contributed by atoms with Crippen LogP contribution in [0.25, 0.3) is 0 Å². The topological polar surface area (TPSA) is 53.7 Å². The van der Waals surface area contributed by atoms with E-state index in [1.165, 1.54) is 0 Å². The van der Waals surface area contributed by atoms with Crippen LogP contribution in [0.2, 0.25) is 0 Å². The molecular formula is C16H23NO3S. The molecule has 0 amide bonds. The first-order valence-electron chi connectivity index (χ1n) is 7.23. The lowest BCUT2D eigenvalue weighted by atomic mass is 10.0. The molecule has 2 rings (SSSR count). The van der Waals surface area contributed by atoms with Crippen LogP contribution in [0.15, 0.2) is 18.2 Å². The Morgan fingerprint density at radius 2 is 2.00 bits per heavy atom. The highest BCUT2D eigenvalue weighted by Gasteiger charge is 2.25. The predicted octanol–water partition coefficient (Wildman–Crippen LogP) is 2.80. The fourth-order valence-corrected chi connectivity index (χ4v) is 2.86. The van der Waals surface area contributed by atoms with E-state index in [1.54, 1.807) is 7.11 Å². The van der Waals surface area contributed by atoms with E-state index >= 15 is 0 Å². The summed E-state index contributed by atoms with van der Waals surface area (Å²) in [6.07, 6.45) is 2.53. The molecular weight excluding hydrogens is 286 g/mol. The lowest BCUT2D eigenvalue weighted by Crippen LogP contribution is -2.34. The van der Waals surface area contributed by atoms with Crippen molar-refractivity contribution in [3.05, 3.63) is 29.3 Å². The third kappa shape index (κ3) is 4.40. The van der Waals surface area contributed by atoms with Crippen LogP contribution in [-0.4, -0.2) is 30.4 Å². The van der Waals surface area contributed by atoms with Crippen molar-refractivity contribution in [2.24, 2.45) is 5.73 Å². The zero-order valence-corrected chi connectivity index (χ0v) is 13.6. The van der Waals surface area contributed by atoms with Crippen LogP contribution in [0, 0.1) is 0 Å². The molecule has 1 fully saturated rings. The van der Waals surface area contributed by atoms with Crippen LogP contribution < -0.4 is 10.5 Å². The Balaban J connectivity index is 2.04. The van der Waals surface area contributed by atoms with Gasteiger partial charge in [0.15, 0.2) is 0 Å². The van der Waals surface area contributed by atoms with Crippen molar-refractivity contribution in [1.82, 2.24) is 0 Å². The van der Waals surface area contributed by atoms with Crippen molar-refractivity contribution in [2.45, 2.75) is 51.6 Å². The fourth-order valence-electron chi connectivity index (χ4n) is 2.73. The second kappa shape index (κ2) is 7.20. The summed E-state index contributed by atoms with van der Waals surface area (Å²) in [5.74, 6) is 0.795. The first kappa shape index (κ1) is 16.2. The lowest BCUT2D eigenvalue weighted by molar-refractivity contribution is -0.106. The normalized spacial score (nSPS) is 25.6. The fraction of sp³-hybridized carbons (Fsp3) is 0.562. The summed E-state index contributed by atoms with van der Waals surface area (Å²) in [4.78, 5) is 0.382. The van der Waals surface area contributed by atoms with Crippen LogP contribution in [0.4, 0.5) is 0 Å². The molecule has 0 radical (unpaired) electrons. The molecule has 0 bridgehead atoms. The lowest BCUT2D eigenvalue weighted by Gasteiger charge is -2.32. The van der Waals surface area contributed by atoms with E-state index in [1.807, 2.05) is 18.2 Å². The van der Waals surface area contributed by atoms with E-state index in [4.69, 9.17) is 32.2 Å². The summed E-state index contributed by atoms with van der Waals surface area (Å²) in [5.41, 5.74) is 7.48. The van der Waals surface area contributed by atoms with Gasteiger partial charge in [0.1, 0.15) is 10.7 Å². The standard InChI is InChI=1S/C16H23NO3S/c1-10-6-14(7-11(2)20-10)19-9-13-8-12(16(17)21)4-5-15(13)18-3/h4-5,8,10-11,14H,6-7,9H2,1-3H3,(H2,17,21). The number of benzene rings is 1. The molecule has 1 heterocycles. The Bertz CT molecular complexity index is 496.